The molecule has 1 saturated heterocycles. The predicted molar refractivity (Wildman–Crippen MR) is 65.2 cm³/mol. The van der Waals surface area contributed by atoms with E-state index < -0.39 is 11.9 Å². The van der Waals surface area contributed by atoms with Gasteiger partial charge in [0, 0.05) is 13.2 Å². The summed E-state index contributed by atoms with van der Waals surface area (Å²) in [5.74, 6) is -2.22. The van der Waals surface area contributed by atoms with Crippen molar-refractivity contribution in [2.45, 2.75) is 19.8 Å². The summed E-state index contributed by atoms with van der Waals surface area (Å²) in [5.41, 5.74) is 0.335. The lowest BCUT2D eigenvalue weighted by atomic mass is 10.0. The number of carbonyl (C=O) groups is 2. The molecule has 0 spiro atoms. The van der Waals surface area contributed by atoms with E-state index in [1.54, 1.807) is 0 Å². The second-order valence-electron chi connectivity index (χ2n) is 3.91. The van der Waals surface area contributed by atoms with Crippen LogP contribution in [0.25, 0.3) is 0 Å². The first kappa shape index (κ1) is 14.2. The third kappa shape index (κ3) is 3.85. The van der Waals surface area contributed by atoms with Gasteiger partial charge in [-0.2, -0.15) is 0 Å². The van der Waals surface area contributed by atoms with Crippen LogP contribution in [0, 0.1) is 6.92 Å². The van der Waals surface area contributed by atoms with Crippen LogP contribution >= 0.6 is 0 Å². The van der Waals surface area contributed by atoms with Crippen molar-refractivity contribution in [2.24, 2.45) is 0 Å². The Bertz CT molecular complexity index is 395. The molecule has 98 valence electrons. The Morgan fingerprint density at radius 3 is 1.78 bits per heavy atom. The Labute approximate surface area is 105 Å². The van der Waals surface area contributed by atoms with Crippen molar-refractivity contribution in [3.8, 4) is 0 Å². The molecule has 18 heavy (non-hydrogen) atoms. The van der Waals surface area contributed by atoms with E-state index in [1.807, 2.05) is 0 Å². The van der Waals surface area contributed by atoms with E-state index >= 15 is 0 Å². The van der Waals surface area contributed by atoms with Gasteiger partial charge in [0.25, 0.3) is 0 Å². The first-order valence-electron chi connectivity index (χ1n) is 5.68. The Hall–Kier alpha value is -1.88. The van der Waals surface area contributed by atoms with E-state index in [-0.39, 0.29) is 16.7 Å². The van der Waals surface area contributed by atoms with Crippen molar-refractivity contribution in [2.75, 3.05) is 13.2 Å². The molecule has 0 unspecified atom stereocenters. The molecule has 2 N–H and O–H groups in total. The molecule has 0 aliphatic carbocycles. The van der Waals surface area contributed by atoms with E-state index in [0.29, 0.717) is 0 Å². The lowest BCUT2D eigenvalue weighted by molar-refractivity contribution is 0.0696. The minimum atomic E-state index is -1.11. The Morgan fingerprint density at radius 2 is 1.50 bits per heavy atom. The molecule has 0 bridgehead atoms. The van der Waals surface area contributed by atoms with Crippen molar-refractivity contribution in [1.82, 2.24) is 0 Å². The predicted octanol–water partition coefficient (Wildman–Crippen LogP) is 2.19. The van der Waals surface area contributed by atoms with Gasteiger partial charge in [-0.1, -0.05) is 6.07 Å². The van der Waals surface area contributed by atoms with E-state index in [2.05, 4.69) is 0 Å². The topological polar surface area (TPSA) is 83.8 Å². The van der Waals surface area contributed by atoms with E-state index in [1.165, 1.54) is 38.0 Å². The molecule has 0 aromatic heterocycles. The van der Waals surface area contributed by atoms with Crippen LogP contribution in [0.5, 0.6) is 0 Å². The molecule has 1 aliphatic heterocycles. The van der Waals surface area contributed by atoms with Gasteiger partial charge in [-0.25, -0.2) is 9.59 Å². The Kier molecular flexibility index (Phi) is 5.32. The lowest BCUT2D eigenvalue weighted by Gasteiger charge is -2.03. The van der Waals surface area contributed by atoms with Crippen molar-refractivity contribution in [3.05, 3.63) is 34.9 Å². The Balaban J connectivity index is 0.000000269. The summed E-state index contributed by atoms with van der Waals surface area (Å²) in [7, 11) is 0. The average molecular weight is 252 g/mol. The quantitative estimate of drug-likeness (QED) is 0.842. The van der Waals surface area contributed by atoms with Crippen LogP contribution in [-0.2, 0) is 4.74 Å². The highest BCUT2D eigenvalue weighted by Gasteiger charge is 2.13. The zero-order valence-corrected chi connectivity index (χ0v) is 10.2. The maximum atomic E-state index is 10.6. The summed E-state index contributed by atoms with van der Waals surface area (Å²) in [6.45, 7) is 3.48. The van der Waals surface area contributed by atoms with E-state index in [0.717, 1.165) is 13.2 Å². The highest BCUT2D eigenvalue weighted by atomic mass is 16.5. The SMILES string of the molecule is C1CCOC1.Cc1c(C(=O)O)cccc1C(=O)O. The smallest absolute Gasteiger partial charge is 0.335 e. The number of benzene rings is 1. The Morgan fingerprint density at radius 1 is 1.06 bits per heavy atom. The molecule has 0 radical (unpaired) electrons. The van der Waals surface area contributed by atoms with Crippen molar-refractivity contribution >= 4 is 11.9 Å². The molecule has 1 fully saturated rings. The van der Waals surface area contributed by atoms with Crippen molar-refractivity contribution in [1.29, 1.82) is 0 Å². The summed E-state index contributed by atoms with van der Waals surface area (Å²) in [6.07, 6.45) is 2.56. The van der Waals surface area contributed by atoms with Crippen LogP contribution in [-0.4, -0.2) is 35.4 Å². The first-order valence-corrected chi connectivity index (χ1v) is 5.68. The summed E-state index contributed by atoms with van der Waals surface area (Å²) in [5, 5.41) is 17.4. The zero-order valence-electron chi connectivity index (χ0n) is 10.2. The molecule has 1 heterocycles. The molecular weight excluding hydrogens is 236 g/mol. The van der Waals surface area contributed by atoms with Gasteiger partial charge >= 0.3 is 11.9 Å². The van der Waals surface area contributed by atoms with Gasteiger partial charge in [-0.05, 0) is 37.5 Å². The van der Waals surface area contributed by atoms with Gasteiger partial charge in [-0.3, -0.25) is 0 Å². The van der Waals surface area contributed by atoms with Crippen molar-refractivity contribution < 1.29 is 24.5 Å². The third-order valence-electron chi connectivity index (χ3n) is 2.62. The number of hydrogen-bond acceptors (Lipinski definition) is 3. The minimum Gasteiger partial charge on any atom is -0.478 e. The monoisotopic (exact) mass is 252 g/mol. The third-order valence-corrected chi connectivity index (χ3v) is 2.62. The van der Waals surface area contributed by atoms with Crippen LogP contribution < -0.4 is 0 Å². The van der Waals surface area contributed by atoms with Gasteiger partial charge in [0.2, 0.25) is 0 Å². The number of rotatable bonds is 2. The molecule has 0 saturated carbocycles. The standard InChI is InChI=1S/C9H8O4.C4H8O/c1-5-6(8(10)11)3-2-4-7(5)9(12)13;1-2-4-5-3-1/h2-4H,1H3,(H,10,11)(H,12,13);1-4H2. The van der Waals surface area contributed by atoms with Crippen molar-refractivity contribution in [3.63, 3.8) is 0 Å². The fourth-order valence-electron chi connectivity index (χ4n) is 1.61. The summed E-state index contributed by atoms with van der Waals surface area (Å²) in [4.78, 5) is 21.2. The number of aromatic carboxylic acids is 2. The average Bonchev–Trinajstić information content (AvgIpc) is 2.87. The van der Waals surface area contributed by atoms with Gasteiger partial charge in [-0.15, -0.1) is 0 Å². The zero-order chi connectivity index (χ0) is 13.5. The van der Waals surface area contributed by atoms with E-state index in [4.69, 9.17) is 14.9 Å². The second kappa shape index (κ2) is 6.76. The molecule has 1 aromatic rings. The normalized spacial score (nSPS) is 13.6. The first-order chi connectivity index (χ1) is 8.54. The van der Waals surface area contributed by atoms with Crippen LogP contribution in [0.2, 0.25) is 0 Å². The summed E-state index contributed by atoms with van der Waals surface area (Å²) >= 11 is 0. The fourth-order valence-corrected chi connectivity index (χ4v) is 1.61. The maximum absolute atomic E-state index is 10.6. The van der Waals surface area contributed by atoms with Crippen LogP contribution in [0.1, 0.15) is 39.1 Å². The van der Waals surface area contributed by atoms with E-state index in [9.17, 15) is 9.59 Å². The van der Waals surface area contributed by atoms with Crippen LogP contribution in [0.4, 0.5) is 0 Å². The largest absolute Gasteiger partial charge is 0.478 e. The highest BCUT2D eigenvalue weighted by molar-refractivity contribution is 5.96. The maximum Gasteiger partial charge on any atom is 0.335 e. The fraction of sp³-hybridized carbons (Fsp3) is 0.385. The number of carboxylic acids is 2. The summed E-state index contributed by atoms with van der Waals surface area (Å²) in [6, 6.07) is 4.17. The summed E-state index contributed by atoms with van der Waals surface area (Å²) < 4.78 is 4.94. The van der Waals surface area contributed by atoms with Crippen LogP contribution in [0.15, 0.2) is 18.2 Å². The molecule has 0 amide bonds. The lowest BCUT2D eigenvalue weighted by Crippen LogP contribution is -2.06. The van der Waals surface area contributed by atoms with Gasteiger partial charge in [0.15, 0.2) is 0 Å². The van der Waals surface area contributed by atoms with Gasteiger partial charge in [0.1, 0.15) is 0 Å². The molecule has 1 aromatic carbocycles. The van der Waals surface area contributed by atoms with Gasteiger partial charge < -0.3 is 14.9 Å². The molecule has 5 nitrogen and oxygen atoms in total. The highest BCUT2D eigenvalue weighted by Crippen LogP contribution is 2.13. The molecule has 0 atom stereocenters. The molecule has 5 heteroatoms. The van der Waals surface area contributed by atoms with Crippen LogP contribution in [0.3, 0.4) is 0 Å². The molecule has 2 rings (SSSR count). The number of ether oxygens (including phenoxy) is 1. The molecule has 1 aliphatic rings. The number of carboxylic acid groups (broad SMARTS) is 2. The van der Waals surface area contributed by atoms with Gasteiger partial charge in [0.05, 0.1) is 11.1 Å². The minimum absolute atomic E-state index is 0.0277. The second-order valence-corrected chi connectivity index (χ2v) is 3.91. The molecular formula is C13H16O5. The number of hydrogen-bond donors (Lipinski definition) is 2.